The second-order valence-electron chi connectivity index (χ2n) is 3.09. The van der Waals surface area contributed by atoms with Gasteiger partial charge in [-0.3, -0.25) is 0 Å². The Hall–Kier alpha value is -2.15. The highest BCUT2D eigenvalue weighted by atomic mass is 19.1. The first-order chi connectivity index (χ1) is 7.31. The highest BCUT2D eigenvalue weighted by Crippen LogP contribution is 2.21. The maximum Gasteiger partial charge on any atom is 0.129 e. The minimum absolute atomic E-state index is 0.348. The summed E-state index contributed by atoms with van der Waals surface area (Å²) in [6, 6.07) is 8.07. The summed E-state index contributed by atoms with van der Waals surface area (Å²) in [5.41, 5.74) is 0.604. The Labute approximate surface area is 86.2 Å². The van der Waals surface area contributed by atoms with Gasteiger partial charge < -0.3 is 4.98 Å². The van der Waals surface area contributed by atoms with Crippen molar-refractivity contribution in [3.05, 3.63) is 53.9 Å². The molecule has 0 fully saturated rings. The highest BCUT2D eigenvalue weighted by molar-refractivity contribution is 5.31. The van der Waals surface area contributed by atoms with Crippen LogP contribution in [0.25, 0.3) is 0 Å². The molecule has 0 saturated carbocycles. The number of hydrogen-bond donors (Lipinski definition) is 1. The number of benzene rings is 1. The van der Waals surface area contributed by atoms with Crippen LogP contribution in [0.4, 0.5) is 4.39 Å². The number of aromatic amines is 1. The molecule has 1 unspecified atom stereocenters. The van der Waals surface area contributed by atoms with Gasteiger partial charge in [-0.25, -0.2) is 9.37 Å². The number of nitrogens with zero attached hydrogens (tertiary/aromatic N) is 2. The fraction of sp³-hybridized carbons (Fsp3) is 0.0909. The van der Waals surface area contributed by atoms with E-state index in [-0.39, 0.29) is 5.82 Å². The Morgan fingerprint density at radius 1 is 1.47 bits per heavy atom. The van der Waals surface area contributed by atoms with Crippen LogP contribution in [0.3, 0.4) is 0 Å². The maximum atomic E-state index is 13.0. The third-order valence-electron chi connectivity index (χ3n) is 2.10. The maximum absolute atomic E-state index is 13.0. The average molecular weight is 201 g/mol. The summed E-state index contributed by atoms with van der Waals surface area (Å²) in [6.07, 6.45) is 3.21. The van der Waals surface area contributed by atoms with Gasteiger partial charge in [-0.1, -0.05) is 12.1 Å². The molecular formula is C11H8FN3. The van der Waals surface area contributed by atoms with Crippen LogP contribution in [0.1, 0.15) is 17.3 Å². The van der Waals surface area contributed by atoms with E-state index in [4.69, 9.17) is 5.26 Å². The quantitative estimate of drug-likeness (QED) is 0.809. The smallest absolute Gasteiger partial charge is 0.129 e. The second-order valence-corrected chi connectivity index (χ2v) is 3.09. The molecule has 15 heavy (non-hydrogen) atoms. The van der Waals surface area contributed by atoms with Gasteiger partial charge in [0.15, 0.2) is 0 Å². The zero-order valence-electron chi connectivity index (χ0n) is 7.81. The van der Waals surface area contributed by atoms with Crippen molar-refractivity contribution in [1.29, 1.82) is 5.26 Å². The lowest BCUT2D eigenvalue weighted by Crippen LogP contribution is -2.00. The molecule has 1 N–H and O–H groups in total. The molecule has 0 bridgehead atoms. The van der Waals surface area contributed by atoms with Crippen molar-refractivity contribution in [1.82, 2.24) is 9.97 Å². The van der Waals surface area contributed by atoms with E-state index in [0.717, 1.165) is 0 Å². The van der Waals surface area contributed by atoms with E-state index < -0.39 is 5.92 Å². The lowest BCUT2D eigenvalue weighted by Gasteiger charge is -2.05. The summed E-state index contributed by atoms with van der Waals surface area (Å²) in [5.74, 6) is -0.363. The summed E-state index contributed by atoms with van der Waals surface area (Å²) in [5, 5.41) is 9.01. The van der Waals surface area contributed by atoms with Gasteiger partial charge in [-0.05, 0) is 17.7 Å². The van der Waals surface area contributed by atoms with E-state index in [1.54, 1.807) is 24.5 Å². The van der Waals surface area contributed by atoms with Gasteiger partial charge in [0.25, 0.3) is 0 Å². The predicted molar refractivity (Wildman–Crippen MR) is 52.4 cm³/mol. The Morgan fingerprint density at radius 3 is 2.93 bits per heavy atom. The molecule has 0 aliphatic rings. The van der Waals surface area contributed by atoms with Crippen LogP contribution in [0, 0.1) is 17.1 Å². The second kappa shape index (κ2) is 3.93. The van der Waals surface area contributed by atoms with E-state index in [1.807, 2.05) is 0 Å². The van der Waals surface area contributed by atoms with Crippen molar-refractivity contribution < 1.29 is 4.39 Å². The molecule has 2 aromatic rings. The largest absolute Gasteiger partial charge is 0.347 e. The van der Waals surface area contributed by atoms with E-state index in [2.05, 4.69) is 16.0 Å². The van der Waals surface area contributed by atoms with Gasteiger partial charge in [-0.2, -0.15) is 5.26 Å². The first-order valence-electron chi connectivity index (χ1n) is 4.45. The van der Waals surface area contributed by atoms with Crippen LogP contribution in [0.15, 0.2) is 36.7 Å². The number of nitrogens with one attached hydrogen (secondary N) is 1. The highest BCUT2D eigenvalue weighted by Gasteiger charge is 2.15. The number of hydrogen-bond acceptors (Lipinski definition) is 2. The van der Waals surface area contributed by atoms with E-state index in [0.29, 0.717) is 11.4 Å². The van der Waals surface area contributed by atoms with Crippen molar-refractivity contribution >= 4 is 0 Å². The third kappa shape index (κ3) is 1.86. The number of imidazole rings is 1. The van der Waals surface area contributed by atoms with Crippen molar-refractivity contribution in [2.45, 2.75) is 5.92 Å². The lowest BCUT2D eigenvalue weighted by atomic mass is 10.00. The monoisotopic (exact) mass is 201 g/mol. The van der Waals surface area contributed by atoms with Crippen LogP contribution < -0.4 is 0 Å². The normalized spacial score (nSPS) is 12.0. The van der Waals surface area contributed by atoms with Crippen LogP contribution >= 0.6 is 0 Å². The molecule has 1 atom stereocenters. The number of aromatic nitrogens is 2. The number of H-pyrrole nitrogens is 1. The van der Waals surface area contributed by atoms with Crippen LogP contribution in [0.5, 0.6) is 0 Å². The summed E-state index contributed by atoms with van der Waals surface area (Å²) < 4.78 is 13.0. The predicted octanol–water partition coefficient (Wildman–Crippen LogP) is 2.20. The summed E-state index contributed by atoms with van der Waals surface area (Å²) in [6.45, 7) is 0. The molecule has 74 valence electrons. The first-order valence-corrected chi connectivity index (χ1v) is 4.45. The van der Waals surface area contributed by atoms with Gasteiger partial charge in [0.2, 0.25) is 0 Å². The van der Waals surface area contributed by atoms with E-state index in [1.165, 1.54) is 12.1 Å². The lowest BCUT2D eigenvalue weighted by molar-refractivity contribution is 0.625. The SMILES string of the molecule is N#CC(c1cccc(F)c1)c1ncc[nH]1. The van der Waals surface area contributed by atoms with Gasteiger partial charge in [0.05, 0.1) is 6.07 Å². The molecule has 0 radical (unpaired) electrons. The Morgan fingerprint density at radius 2 is 2.33 bits per heavy atom. The Kier molecular flexibility index (Phi) is 2.46. The molecule has 0 aliphatic heterocycles. The fourth-order valence-corrected chi connectivity index (χ4v) is 1.42. The van der Waals surface area contributed by atoms with Gasteiger partial charge in [0, 0.05) is 12.4 Å². The minimum atomic E-state index is -0.546. The van der Waals surface area contributed by atoms with Crippen LogP contribution in [-0.2, 0) is 0 Å². The third-order valence-corrected chi connectivity index (χ3v) is 2.10. The molecule has 3 nitrogen and oxygen atoms in total. The Balaban J connectivity index is 2.41. The van der Waals surface area contributed by atoms with Crippen molar-refractivity contribution in [2.75, 3.05) is 0 Å². The van der Waals surface area contributed by atoms with E-state index in [9.17, 15) is 4.39 Å². The summed E-state index contributed by atoms with van der Waals surface area (Å²) in [7, 11) is 0. The molecular weight excluding hydrogens is 193 g/mol. The number of halogens is 1. The molecule has 4 heteroatoms. The topological polar surface area (TPSA) is 52.5 Å². The molecule has 1 heterocycles. The number of rotatable bonds is 2. The molecule has 0 saturated heterocycles. The van der Waals surface area contributed by atoms with Crippen molar-refractivity contribution in [3.8, 4) is 6.07 Å². The van der Waals surface area contributed by atoms with Crippen molar-refractivity contribution in [2.24, 2.45) is 0 Å². The van der Waals surface area contributed by atoms with E-state index >= 15 is 0 Å². The van der Waals surface area contributed by atoms with Gasteiger partial charge in [-0.15, -0.1) is 0 Å². The summed E-state index contributed by atoms with van der Waals surface area (Å²) in [4.78, 5) is 6.84. The fourth-order valence-electron chi connectivity index (χ4n) is 1.42. The molecule has 1 aromatic carbocycles. The van der Waals surface area contributed by atoms with Crippen LogP contribution in [0.2, 0.25) is 0 Å². The van der Waals surface area contributed by atoms with Gasteiger partial charge in [0.1, 0.15) is 17.6 Å². The van der Waals surface area contributed by atoms with Crippen LogP contribution in [-0.4, -0.2) is 9.97 Å². The Bertz CT molecular complexity index is 485. The van der Waals surface area contributed by atoms with Crippen molar-refractivity contribution in [3.63, 3.8) is 0 Å². The standard InChI is InChI=1S/C11H8FN3/c12-9-3-1-2-8(6-9)10(7-13)11-14-4-5-15-11/h1-6,10H,(H,14,15). The van der Waals surface area contributed by atoms with Gasteiger partial charge >= 0.3 is 0 Å². The zero-order chi connectivity index (χ0) is 10.7. The molecule has 0 aliphatic carbocycles. The minimum Gasteiger partial charge on any atom is -0.347 e. The molecule has 0 spiro atoms. The average Bonchev–Trinajstić information content (AvgIpc) is 2.72. The summed E-state index contributed by atoms with van der Waals surface area (Å²) >= 11 is 0. The molecule has 0 amide bonds. The number of nitriles is 1. The molecule has 1 aromatic heterocycles. The zero-order valence-corrected chi connectivity index (χ0v) is 7.81. The first kappa shape index (κ1) is 9.41. The molecule has 2 rings (SSSR count).